The predicted molar refractivity (Wildman–Crippen MR) is 100 cm³/mol. The Morgan fingerprint density at radius 1 is 0.929 bits per heavy atom. The molecule has 142 valence electrons. The molecule has 7 nitrogen and oxygen atoms in total. The Balaban J connectivity index is 1.59. The molecule has 1 aromatic carbocycles. The summed E-state index contributed by atoms with van der Waals surface area (Å²) in [4.78, 5) is 33.1. The Hall–Kier alpha value is -3.03. The fraction of sp³-hybridized carbons (Fsp3) is 0.286. The van der Waals surface area contributed by atoms with Gasteiger partial charge in [0.15, 0.2) is 11.6 Å². The minimum absolute atomic E-state index is 0.169. The van der Waals surface area contributed by atoms with Crippen LogP contribution in [0.1, 0.15) is 32.1 Å². The second kappa shape index (κ2) is 6.85. The minimum Gasteiger partial charge on any atom is -0.461 e. The molecule has 0 unspecified atom stereocenters. The van der Waals surface area contributed by atoms with Crippen molar-refractivity contribution in [3.05, 3.63) is 65.2 Å². The zero-order chi connectivity index (χ0) is 19.1. The number of benzene rings is 1. The monoisotopic (exact) mass is 377 g/mol. The van der Waals surface area contributed by atoms with Gasteiger partial charge in [0.25, 0.3) is 0 Å². The SMILES string of the molecule is O=C1c2ccccc2C(=O)c2c1nc(-c1ccco1)n2CCN1CCOCC1. The Morgan fingerprint density at radius 2 is 1.68 bits per heavy atom. The molecule has 0 bridgehead atoms. The smallest absolute Gasteiger partial charge is 0.214 e. The zero-order valence-electron chi connectivity index (χ0n) is 15.3. The maximum absolute atomic E-state index is 13.2. The van der Waals surface area contributed by atoms with Gasteiger partial charge >= 0.3 is 0 Å². The van der Waals surface area contributed by atoms with Crippen molar-refractivity contribution in [3.63, 3.8) is 0 Å². The fourth-order valence-electron chi connectivity index (χ4n) is 3.85. The van der Waals surface area contributed by atoms with Crippen molar-refractivity contribution >= 4 is 11.6 Å². The quantitative estimate of drug-likeness (QED) is 0.543. The summed E-state index contributed by atoms with van der Waals surface area (Å²) in [6.07, 6.45) is 1.56. The maximum atomic E-state index is 13.2. The second-order valence-electron chi connectivity index (χ2n) is 6.92. The van der Waals surface area contributed by atoms with Crippen molar-refractivity contribution in [2.75, 3.05) is 32.8 Å². The molecule has 0 spiro atoms. The lowest BCUT2D eigenvalue weighted by Crippen LogP contribution is -2.38. The number of morpholine rings is 1. The first-order chi connectivity index (χ1) is 13.7. The van der Waals surface area contributed by atoms with E-state index in [2.05, 4.69) is 9.88 Å². The first-order valence-electron chi connectivity index (χ1n) is 9.37. The van der Waals surface area contributed by atoms with Gasteiger partial charge in [-0.05, 0) is 12.1 Å². The zero-order valence-corrected chi connectivity index (χ0v) is 15.3. The lowest BCUT2D eigenvalue weighted by molar-refractivity contribution is 0.0363. The molecule has 3 aromatic rings. The molecule has 2 aliphatic rings. The molecule has 1 saturated heterocycles. The average molecular weight is 377 g/mol. The minimum atomic E-state index is -0.219. The largest absolute Gasteiger partial charge is 0.461 e. The van der Waals surface area contributed by atoms with E-state index in [4.69, 9.17) is 9.15 Å². The molecule has 7 heteroatoms. The molecule has 0 N–H and O–H groups in total. The topological polar surface area (TPSA) is 77.6 Å². The van der Waals surface area contributed by atoms with Crippen LogP contribution in [0.5, 0.6) is 0 Å². The Bertz CT molecular complexity index is 1050. The van der Waals surface area contributed by atoms with Gasteiger partial charge in [0.2, 0.25) is 11.6 Å². The maximum Gasteiger partial charge on any atom is 0.214 e. The molecule has 1 aliphatic heterocycles. The van der Waals surface area contributed by atoms with Crippen LogP contribution in [0.3, 0.4) is 0 Å². The van der Waals surface area contributed by atoms with E-state index in [1.54, 1.807) is 42.7 Å². The van der Waals surface area contributed by atoms with Gasteiger partial charge in [-0.15, -0.1) is 0 Å². The van der Waals surface area contributed by atoms with Crippen LogP contribution >= 0.6 is 0 Å². The Kier molecular flexibility index (Phi) is 4.18. The molecular weight excluding hydrogens is 358 g/mol. The summed E-state index contributed by atoms with van der Waals surface area (Å²) in [7, 11) is 0. The highest BCUT2D eigenvalue weighted by Gasteiger charge is 2.36. The lowest BCUT2D eigenvalue weighted by atomic mass is 9.90. The van der Waals surface area contributed by atoms with Gasteiger partial charge in [-0.1, -0.05) is 24.3 Å². The number of ketones is 2. The molecule has 0 atom stereocenters. The van der Waals surface area contributed by atoms with E-state index in [9.17, 15) is 9.59 Å². The van der Waals surface area contributed by atoms with Crippen molar-refractivity contribution < 1.29 is 18.7 Å². The fourth-order valence-corrected chi connectivity index (χ4v) is 3.85. The van der Waals surface area contributed by atoms with Crippen LogP contribution < -0.4 is 0 Å². The Labute approximate surface area is 161 Å². The third kappa shape index (κ3) is 2.71. The number of furan rings is 1. The highest BCUT2D eigenvalue weighted by Crippen LogP contribution is 2.31. The van der Waals surface area contributed by atoms with Crippen molar-refractivity contribution in [1.82, 2.24) is 14.5 Å². The standard InChI is InChI=1S/C21H19N3O4/c25-19-14-4-1-2-5-15(14)20(26)18-17(19)22-21(16-6-3-11-28-16)24(18)8-7-23-9-12-27-13-10-23/h1-6,11H,7-10,12-13H2. The number of carbonyl (C=O) groups is 2. The summed E-state index contributed by atoms with van der Waals surface area (Å²) in [5, 5.41) is 0. The van der Waals surface area contributed by atoms with Crippen LogP contribution in [0, 0.1) is 0 Å². The van der Waals surface area contributed by atoms with Crippen molar-refractivity contribution in [3.8, 4) is 11.6 Å². The van der Waals surface area contributed by atoms with E-state index in [1.165, 1.54) is 0 Å². The average Bonchev–Trinajstić information content (AvgIpc) is 3.39. The van der Waals surface area contributed by atoms with Crippen LogP contribution in [0.15, 0.2) is 47.1 Å². The van der Waals surface area contributed by atoms with Gasteiger partial charge in [-0.2, -0.15) is 0 Å². The van der Waals surface area contributed by atoms with E-state index in [0.29, 0.717) is 48.2 Å². The number of imidazole rings is 1. The van der Waals surface area contributed by atoms with Gasteiger partial charge in [0.05, 0.1) is 19.5 Å². The first-order valence-corrected chi connectivity index (χ1v) is 9.37. The van der Waals surface area contributed by atoms with E-state index in [-0.39, 0.29) is 17.3 Å². The first kappa shape index (κ1) is 17.1. The van der Waals surface area contributed by atoms with Gasteiger partial charge in [0, 0.05) is 37.3 Å². The summed E-state index contributed by atoms with van der Waals surface area (Å²) in [6, 6.07) is 10.5. The van der Waals surface area contributed by atoms with Crippen LogP contribution in [0.2, 0.25) is 0 Å². The number of hydrogen-bond donors (Lipinski definition) is 0. The van der Waals surface area contributed by atoms with Crippen LogP contribution in [-0.2, 0) is 11.3 Å². The normalized spacial score (nSPS) is 16.9. The lowest BCUT2D eigenvalue weighted by Gasteiger charge is -2.27. The predicted octanol–water partition coefficient (Wildman–Crippen LogP) is 2.25. The van der Waals surface area contributed by atoms with Crippen molar-refractivity contribution in [2.24, 2.45) is 0 Å². The number of aromatic nitrogens is 2. The number of rotatable bonds is 4. The molecular formula is C21H19N3O4. The summed E-state index contributed by atoms with van der Waals surface area (Å²) in [6.45, 7) is 4.39. The van der Waals surface area contributed by atoms with Gasteiger partial charge in [-0.3, -0.25) is 14.5 Å². The van der Waals surface area contributed by atoms with Gasteiger partial charge in [-0.25, -0.2) is 4.98 Å². The van der Waals surface area contributed by atoms with E-state index in [1.807, 2.05) is 4.57 Å². The molecule has 3 heterocycles. The van der Waals surface area contributed by atoms with Crippen molar-refractivity contribution in [2.45, 2.75) is 6.54 Å². The molecule has 0 saturated carbocycles. The van der Waals surface area contributed by atoms with Gasteiger partial charge in [0.1, 0.15) is 11.4 Å². The molecule has 1 aliphatic carbocycles. The summed E-state index contributed by atoms with van der Waals surface area (Å²) in [5.74, 6) is 0.666. The number of fused-ring (bicyclic) bond motifs is 2. The van der Waals surface area contributed by atoms with Crippen LogP contribution in [0.25, 0.3) is 11.6 Å². The van der Waals surface area contributed by atoms with Gasteiger partial charge < -0.3 is 13.7 Å². The molecule has 5 rings (SSSR count). The van der Waals surface area contributed by atoms with Crippen LogP contribution in [0.4, 0.5) is 0 Å². The molecule has 0 radical (unpaired) electrons. The number of ether oxygens (including phenoxy) is 1. The molecule has 1 fully saturated rings. The van der Waals surface area contributed by atoms with E-state index < -0.39 is 0 Å². The number of nitrogens with zero attached hydrogens (tertiary/aromatic N) is 3. The van der Waals surface area contributed by atoms with E-state index >= 15 is 0 Å². The number of hydrogen-bond acceptors (Lipinski definition) is 6. The van der Waals surface area contributed by atoms with E-state index in [0.717, 1.165) is 19.6 Å². The highest BCUT2D eigenvalue weighted by molar-refractivity contribution is 6.27. The summed E-state index contributed by atoms with van der Waals surface area (Å²) < 4.78 is 12.8. The summed E-state index contributed by atoms with van der Waals surface area (Å²) >= 11 is 0. The van der Waals surface area contributed by atoms with Crippen molar-refractivity contribution in [1.29, 1.82) is 0 Å². The third-order valence-electron chi connectivity index (χ3n) is 5.30. The van der Waals surface area contributed by atoms with Crippen LogP contribution in [-0.4, -0.2) is 58.9 Å². The second-order valence-corrected chi connectivity index (χ2v) is 6.92. The third-order valence-corrected chi connectivity index (χ3v) is 5.30. The number of carbonyl (C=O) groups excluding carboxylic acids is 2. The Morgan fingerprint density at radius 3 is 2.39 bits per heavy atom. The highest BCUT2D eigenvalue weighted by atomic mass is 16.5. The molecule has 0 amide bonds. The molecule has 28 heavy (non-hydrogen) atoms. The summed E-state index contributed by atoms with van der Waals surface area (Å²) in [5.41, 5.74) is 1.39. The molecule has 2 aromatic heterocycles.